The van der Waals surface area contributed by atoms with Gasteiger partial charge in [-0.2, -0.15) is 0 Å². The summed E-state index contributed by atoms with van der Waals surface area (Å²) in [5.74, 6) is 0. The Balaban J connectivity index is 1.64. The fourth-order valence-corrected chi connectivity index (χ4v) is 2.50. The van der Waals surface area contributed by atoms with Crippen molar-refractivity contribution in [3.8, 4) is 0 Å². The Morgan fingerprint density at radius 1 is 0.826 bits per heavy atom. The Bertz CT molecular complexity index is 886. The first-order valence-electron chi connectivity index (χ1n) is 7.70. The molecular weight excluding hydrogens is 284 g/mol. The summed E-state index contributed by atoms with van der Waals surface area (Å²) in [6, 6.07) is 17.8. The zero-order valence-corrected chi connectivity index (χ0v) is 12.8. The van der Waals surface area contributed by atoms with E-state index in [0.29, 0.717) is 5.39 Å². The van der Waals surface area contributed by atoms with Gasteiger partial charge in [0.05, 0.1) is 11.6 Å². The van der Waals surface area contributed by atoms with Gasteiger partial charge in [0, 0.05) is 0 Å². The number of fused-ring (bicyclic) bond motifs is 1. The zero-order valence-electron chi connectivity index (χ0n) is 12.8. The van der Waals surface area contributed by atoms with E-state index in [1.807, 2.05) is 36.4 Å². The summed E-state index contributed by atoms with van der Waals surface area (Å²) < 4.78 is 5.10. The summed E-state index contributed by atoms with van der Waals surface area (Å²) in [5.41, 5.74) is 1.96. The van der Waals surface area contributed by atoms with Gasteiger partial charge in [0.1, 0.15) is 0 Å². The van der Waals surface area contributed by atoms with Gasteiger partial charge in [-0.3, -0.25) is 0 Å². The first-order chi connectivity index (χ1) is 11.3. The van der Waals surface area contributed by atoms with Gasteiger partial charge >= 0.3 is 5.63 Å². The van der Waals surface area contributed by atoms with E-state index in [4.69, 9.17) is 4.42 Å². The summed E-state index contributed by atoms with van der Waals surface area (Å²) in [6.45, 7) is 0. The van der Waals surface area contributed by atoms with Crippen LogP contribution in [0.5, 0.6) is 0 Å². The Hall–Kier alpha value is -2.87. The van der Waals surface area contributed by atoms with Crippen LogP contribution >= 0.6 is 0 Å². The molecule has 0 radical (unpaired) electrons. The van der Waals surface area contributed by atoms with Gasteiger partial charge in [-0.15, -0.1) is 0 Å². The average Bonchev–Trinajstić information content (AvgIpc) is 2.61. The third kappa shape index (κ3) is 3.86. The van der Waals surface area contributed by atoms with Gasteiger partial charge in [-0.05, 0) is 35.4 Å². The van der Waals surface area contributed by atoms with Crippen molar-refractivity contribution in [2.24, 2.45) is 0 Å². The molecule has 0 aliphatic heterocycles. The largest absolute Gasteiger partial charge is 0.431 e. The molecule has 0 saturated carbocycles. The topological polar surface area (TPSA) is 30.2 Å². The minimum absolute atomic E-state index is 0.279. The third-order valence-corrected chi connectivity index (χ3v) is 3.69. The lowest BCUT2D eigenvalue weighted by Gasteiger charge is -2.01. The molecule has 2 heteroatoms. The maximum Gasteiger partial charge on any atom is 0.343 e. The Kier molecular flexibility index (Phi) is 4.85. The summed E-state index contributed by atoms with van der Waals surface area (Å²) in [4.78, 5) is 11.7. The number of hydrogen-bond donors (Lipinski definition) is 0. The van der Waals surface area contributed by atoms with Crippen molar-refractivity contribution in [1.82, 2.24) is 0 Å². The van der Waals surface area contributed by atoms with Crippen LogP contribution in [0.1, 0.15) is 17.5 Å². The van der Waals surface area contributed by atoms with Crippen LogP contribution in [-0.4, -0.2) is 0 Å². The summed E-state index contributed by atoms with van der Waals surface area (Å²) in [7, 11) is 0. The first kappa shape index (κ1) is 15.0. The molecule has 2 aromatic carbocycles. The summed E-state index contributed by atoms with van der Waals surface area (Å²) in [5, 5.41) is 1.61. The molecule has 0 amide bonds. The molecule has 0 fully saturated rings. The van der Waals surface area contributed by atoms with Gasteiger partial charge < -0.3 is 4.42 Å². The molecule has 0 saturated heterocycles. The molecule has 0 N–H and O–H groups in total. The smallest absolute Gasteiger partial charge is 0.343 e. The molecule has 0 unspecified atom stereocenters. The fraction of sp³-hybridized carbons (Fsp3) is 0.0952. The molecular formula is C21H18O2. The predicted octanol–water partition coefficient (Wildman–Crippen LogP) is 5.00. The molecule has 3 rings (SSSR count). The van der Waals surface area contributed by atoms with E-state index in [9.17, 15) is 4.79 Å². The fourth-order valence-electron chi connectivity index (χ4n) is 2.50. The highest BCUT2D eigenvalue weighted by Gasteiger charge is 2.03. The van der Waals surface area contributed by atoms with Crippen LogP contribution in [0.4, 0.5) is 0 Å². The van der Waals surface area contributed by atoms with Crippen molar-refractivity contribution < 1.29 is 4.42 Å². The maximum absolute atomic E-state index is 11.7. The molecule has 3 aromatic rings. The van der Waals surface area contributed by atoms with E-state index in [-0.39, 0.29) is 5.63 Å². The Morgan fingerprint density at radius 2 is 1.57 bits per heavy atom. The average molecular weight is 302 g/mol. The van der Waals surface area contributed by atoms with E-state index >= 15 is 0 Å². The quantitative estimate of drug-likeness (QED) is 0.621. The van der Waals surface area contributed by atoms with Crippen molar-refractivity contribution in [3.63, 3.8) is 0 Å². The van der Waals surface area contributed by atoms with E-state index in [1.54, 1.807) is 12.3 Å². The monoisotopic (exact) mass is 302 g/mol. The van der Waals surface area contributed by atoms with Crippen LogP contribution in [0.2, 0.25) is 0 Å². The predicted molar refractivity (Wildman–Crippen MR) is 95.4 cm³/mol. The Morgan fingerprint density at radius 3 is 2.39 bits per heavy atom. The van der Waals surface area contributed by atoms with Gasteiger partial charge in [0.25, 0.3) is 0 Å². The van der Waals surface area contributed by atoms with E-state index in [0.717, 1.165) is 23.8 Å². The second-order valence-corrected chi connectivity index (χ2v) is 5.32. The van der Waals surface area contributed by atoms with Gasteiger partial charge in [0.2, 0.25) is 0 Å². The lowest BCUT2D eigenvalue weighted by atomic mass is 10.1. The lowest BCUT2D eigenvalue weighted by molar-refractivity contribution is 0.514. The highest BCUT2D eigenvalue weighted by atomic mass is 16.4. The molecule has 23 heavy (non-hydrogen) atoms. The second kappa shape index (κ2) is 7.41. The SMILES string of the molecule is O=c1occ(C/C=C/C/C=C/c2ccccc2)c2ccccc12. The molecule has 0 bridgehead atoms. The lowest BCUT2D eigenvalue weighted by Crippen LogP contribution is -2.00. The normalized spacial score (nSPS) is 11.7. The first-order valence-corrected chi connectivity index (χ1v) is 7.70. The number of benzene rings is 2. The van der Waals surface area contributed by atoms with E-state index in [1.165, 1.54) is 5.56 Å². The minimum atomic E-state index is -0.279. The van der Waals surface area contributed by atoms with E-state index < -0.39 is 0 Å². The van der Waals surface area contributed by atoms with Crippen LogP contribution in [-0.2, 0) is 6.42 Å². The van der Waals surface area contributed by atoms with Crippen molar-refractivity contribution in [2.75, 3.05) is 0 Å². The molecule has 0 spiro atoms. The van der Waals surface area contributed by atoms with Crippen molar-refractivity contribution in [2.45, 2.75) is 12.8 Å². The minimum Gasteiger partial charge on any atom is -0.431 e. The zero-order chi connectivity index (χ0) is 15.9. The molecule has 1 heterocycles. The maximum atomic E-state index is 11.7. The highest BCUT2D eigenvalue weighted by Crippen LogP contribution is 2.16. The molecule has 2 nitrogen and oxygen atoms in total. The van der Waals surface area contributed by atoms with Crippen LogP contribution in [0, 0.1) is 0 Å². The van der Waals surface area contributed by atoms with Crippen LogP contribution in [0.3, 0.4) is 0 Å². The molecule has 0 aliphatic rings. The summed E-state index contributed by atoms with van der Waals surface area (Å²) >= 11 is 0. The summed E-state index contributed by atoms with van der Waals surface area (Å²) in [6.07, 6.45) is 11.7. The number of rotatable bonds is 5. The van der Waals surface area contributed by atoms with Gasteiger partial charge in [-0.25, -0.2) is 4.79 Å². The van der Waals surface area contributed by atoms with Crippen LogP contribution in [0.15, 0.2) is 88.3 Å². The Labute approximate surface area is 135 Å². The molecule has 114 valence electrons. The van der Waals surface area contributed by atoms with Crippen LogP contribution in [0.25, 0.3) is 16.8 Å². The van der Waals surface area contributed by atoms with Gasteiger partial charge in [0.15, 0.2) is 0 Å². The second-order valence-electron chi connectivity index (χ2n) is 5.32. The van der Waals surface area contributed by atoms with Crippen molar-refractivity contribution in [1.29, 1.82) is 0 Å². The standard InChI is InChI=1S/C21H18O2/c22-21-20-15-9-8-14-19(20)18(16-23-21)13-7-2-1-4-10-17-11-5-3-6-12-17/h2-12,14-16H,1,13H2/b7-2+,10-4+. The molecule has 0 atom stereocenters. The molecule has 0 aliphatic carbocycles. The highest BCUT2D eigenvalue weighted by molar-refractivity contribution is 5.84. The van der Waals surface area contributed by atoms with Crippen molar-refractivity contribution in [3.05, 3.63) is 101 Å². The van der Waals surface area contributed by atoms with Gasteiger partial charge in [-0.1, -0.05) is 72.8 Å². The van der Waals surface area contributed by atoms with Crippen molar-refractivity contribution >= 4 is 16.8 Å². The molecule has 1 aromatic heterocycles. The number of hydrogen-bond acceptors (Lipinski definition) is 2. The van der Waals surface area contributed by atoms with E-state index in [2.05, 4.69) is 36.4 Å². The van der Waals surface area contributed by atoms with Crippen LogP contribution < -0.4 is 5.63 Å². The third-order valence-electron chi connectivity index (χ3n) is 3.69. The number of allylic oxidation sites excluding steroid dienone is 3.